The Morgan fingerprint density at radius 2 is 2.06 bits per heavy atom. The summed E-state index contributed by atoms with van der Waals surface area (Å²) in [5.41, 5.74) is 10.00. The van der Waals surface area contributed by atoms with Crippen molar-refractivity contribution in [1.82, 2.24) is 25.9 Å². The fourth-order valence-corrected chi connectivity index (χ4v) is 4.22. The van der Waals surface area contributed by atoms with E-state index in [2.05, 4.69) is 74.8 Å². The van der Waals surface area contributed by atoms with Gasteiger partial charge in [-0.3, -0.25) is 10.3 Å². The summed E-state index contributed by atoms with van der Waals surface area (Å²) in [5, 5.41) is 11.6. The first kappa shape index (κ1) is 23.1. The Bertz CT molecular complexity index is 1100. The fourth-order valence-electron chi connectivity index (χ4n) is 4.22. The minimum absolute atomic E-state index is 0.255. The molecule has 0 amide bonds. The fraction of sp³-hybridized carbons (Fsp3) is 0.500. The van der Waals surface area contributed by atoms with Crippen molar-refractivity contribution in [2.24, 2.45) is 15.9 Å². The highest BCUT2D eigenvalue weighted by Gasteiger charge is 2.22. The molecule has 1 saturated heterocycles. The zero-order valence-corrected chi connectivity index (χ0v) is 20.0. The molecule has 3 unspecified atom stereocenters. The molecule has 3 atom stereocenters. The largest absolute Gasteiger partial charge is 0.391 e. The Balaban J connectivity index is 1.56. The van der Waals surface area contributed by atoms with Crippen molar-refractivity contribution < 1.29 is 0 Å². The SMILES string of the molecule is CNC1=CC=C(C)C(CNC2C=c3nc(N4CC(C)CNC(C)C4)nc(N)c3=NC=N2)=CC1. The summed E-state index contributed by atoms with van der Waals surface area (Å²) < 4.78 is 0. The van der Waals surface area contributed by atoms with E-state index in [9.17, 15) is 0 Å². The number of nitrogens with two attached hydrogens (primary N) is 1. The Morgan fingerprint density at radius 3 is 2.88 bits per heavy atom. The van der Waals surface area contributed by atoms with Crippen molar-refractivity contribution in [1.29, 1.82) is 0 Å². The number of rotatable bonds is 5. The Hall–Kier alpha value is -3.04. The van der Waals surface area contributed by atoms with Gasteiger partial charge in [-0.25, -0.2) is 9.98 Å². The summed E-state index contributed by atoms with van der Waals surface area (Å²) in [7, 11) is 1.95. The van der Waals surface area contributed by atoms with Crippen LogP contribution >= 0.6 is 0 Å². The molecule has 0 radical (unpaired) electrons. The molecule has 4 rings (SSSR count). The molecule has 2 aliphatic heterocycles. The molecule has 33 heavy (non-hydrogen) atoms. The summed E-state index contributed by atoms with van der Waals surface area (Å²) >= 11 is 0. The predicted molar refractivity (Wildman–Crippen MR) is 134 cm³/mol. The molecular formula is C24H35N9. The maximum absolute atomic E-state index is 6.31. The van der Waals surface area contributed by atoms with Crippen LogP contribution in [-0.4, -0.2) is 61.7 Å². The van der Waals surface area contributed by atoms with Gasteiger partial charge >= 0.3 is 0 Å². The van der Waals surface area contributed by atoms with E-state index in [1.165, 1.54) is 16.8 Å². The van der Waals surface area contributed by atoms with Crippen LogP contribution in [0, 0.1) is 5.92 Å². The number of allylic oxidation sites excluding steroid dienone is 3. The van der Waals surface area contributed by atoms with Crippen LogP contribution in [0.3, 0.4) is 0 Å². The number of anilines is 2. The second kappa shape index (κ2) is 10.3. The van der Waals surface area contributed by atoms with E-state index in [-0.39, 0.29) is 6.17 Å². The van der Waals surface area contributed by atoms with Gasteiger partial charge in [0.2, 0.25) is 5.95 Å². The van der Waals surface area contributed by atoms with Crippen LogP contribution in [0.1, 0.15) is 27.2 Å². The zero-order valence-electron chi connectivity index (χ0n) is 20.0. The molecule has 3 aliphatic rings. The molecular weight excluding hydrogens is 414 g/mol. The molecule has 5 N–H and O–H groups in total. The molecule has 1 aromatic heterocycles. The van der Waals surface area contributed by atoms with Gasteiger partial charge in [0.25, 0.3) is 0 Å². The molecule has 9 heteroatoms. The van der Waals surface area contributed by atoms with Crippen LogP contribution in [0.4, 0.5) is 11.8 Å². The van der Waals surface area contributed by atoms with E-state index >= 15 is 0 Å². The van der Waals surface area contributed by atoms with Gasteiger partial charge in [-0.05, 0) is 49.6 Å². The average Bonchev–Trinajstić information content (AvgIpc) is 3.19. The van der Waals surface area contributed by atoms with Gasteiger partial charge in [0.15, 0.2) is 5.82 Å². The summed E-state index contributed by atoms with van der Waals surface area (Å²) in [6, 6.07) is 0.354. The first-order chi connectivity index (χ1) is 15.9. The number of aliphatic imine (C=N–C) groups is 1. The Kier molecular flexibility index (Phi) is 7.20. The summed E-state index contributed by atoms with van der Waals surface area (Å²) in [6.45, 7) is 9.93. The highest BCUT2D eigenvalue weighted by Crippen LogP contribution is 2.16. The highest BCUT2D eigenvalue weighted by atomic mass is 15.3. The summed E-state index contributed by atoms with van der Waals surface area (Å²) in [6.07, 6.45) is 10.7. The van der Waals surface area contributed by atoms with E-state index in [4.69, 9.17) is 10.7 Å². The number of nitrogen functional groups attached to an aromatic ring is 1. The Morgan fingerprint density at radius 1 is 1.21 bits per heavy atom. The summed E-state index contributed by atoms with van der Waals surface area (Å²) in [4.78, 5) is 20.6. The number of hydrogen-bond acceptors (Lipinski definition) is 9. The van der Waals surface area contributed by atoms with Crippen LogP contribution < -0.4 is 37.3 Å². The first-order valence-corrected chi connectivity index (χ1v) is 11.6. The lowest BCUT2D eigenvalue weighted by Crippen LogP contribution is -2.41. The van der Waals surface area contributed by atoms with E-state index < -0.39 is 0 Å². The molecule has 1 fully saturated rings. The normalized spacial score (nSPS) is 25.3. The second-order valence-electron chi connectivity index (χ2n) is 9.07. The summed E-state index contributed by atoms with van der Waals surface area (Å²) in [5.74, 6) is 1.52. The lowest BCUT2D eigenvalue weighted by Gasteiger charge is -2.24. The average molecular weight is 450 g/mol. The predicted octanol–water partition coefficient (Wildman–Crippen LogP) is 0.230. The van der Waals surface area contributed by atoms with Gasteiger partial charge in [-0.2, -0.15) is 4.98 Å². The van der Waals surface area contributed by atoms with E-state index in [1.54, 1.807) is 6.34 Å². The first-order valence-electron chi connectivity index (χ1n) is 11.6. The zero-order chi connectivity index (χ0) is 23.4. The lowest BCUT2D eigenvalue weighted by molar-refractivity contribution is 0.525. The third-order valence-corrected chi connectivity index (χ3v) is 6.21. The molecule has 3 heterocycles. The maximum atomic E-state index is 6.31. The van der Waals surface area contributed by atoms with E-state index in [0.717, 1.165) is 26.1 Å². The van der Waals surface area contributed by atoms with Crippen LogP contribution in [0.5, 0.6) is 0 Å². The molecule has 1 aliphatic carbocycles. The van der Waals surface area contributed by atoms with Gasteiger partial charge < -0.3 is 21.3 Å². The lowest BCUT2D eigenvalue weighted by atomic mass is 10.1. The number of fused-ring (bicyclic) bond motifs is 1. The molecule has 0 saturated carbocycles. The number of hydrogen-bond donors (Lipinski definition) is 4. The Labute approximate surface area is 195 Å². The standard InChI is InChI=1S/C24H35N9/c1-15-10-27-17(3)13-33(12-15)24-31-20-9-21(29-14-30-22(20)23(25)32-24)28-11-18-6-8-19(26-4)7-5-16(18)2/h5-7,9,14-15,17,21,26-28H,8,10-13H2,1-4H3,(H2,25,31,32). The van der Waals surface area contributed by atoms with Crippen LogP contribution in [-0.2, 0) is 0 Å². The second-order valence-corrected chi connectivity index (χ2v) is 9.07. The third kappa shape index (κ3) is 5.66. The smallest absolute Gasteiger partial charge is 0.228 e. The van der Waals surface area contributed by atoms with E-state index in [0.29, 0.717) is 41.0 Å². The molecule has 9 nitrogen and oxygen atoms in total. The van der Waals surface area contributed by atoms with Gasteiger partial charge in [0, 0.05) is 44.8 Å². The van der Waals surface area contributed by atoms with Crippen molar-refractivity contribution in [3.63, 3.8) is 0 Å². The highest BCUT2D eigenvalue weighted by molar-refractivity contribution is 5.60. The number of nitrogens with one attached hydrogen (secondary N) is 3. The molecule has 1 aromatic rings. The van der Waals surface area contributed by atoms with Crippen molar-refractivity contribution in [3.05, 3.63) is 45.8 Å². The maximum Gasteiger partial charge on any atom is 0.228 e. The van der Waals surface area contributed by atoms with E-state index in [1.807, 2.05) is 13.1 Å². The van der Waals surface area contributed by atoms with Gasteiger partial charge in [0.05, 0.1) is 5.35 Å². The molecule has 176 valence electrons. The monoisotopic (exact) mass is 449 g/mol. The van der Waals surface area contributed by atoms with Crippen molar-refractivity contribution in [3.8, 4) is 0 Å². The minimum atomic E-state index is -0.255. The van der Waals surface area contributed by atoms with Crippen LogP contribution in [0.15, 0.2) is 45.1 Å². The topological polar surface area (TPSA) is 116 Å². The van der Waals surface area contributed by atoms with Gasteiger partial charge in [-0.15, -0.1) is 0 Å². The minimum Gasteiger partial charge on any atom is -0.391 e. The van der Waals surface area contributed by atoms with Gasteiger partial charge in [-0.1, -0.05) is 19.1 Å². The molecule has 0 spiro atoms. The van der Waals surface area contributed by atoms with Crippen molar-refractivity contribution in [2.75, 3.05) is 43.9 Å². The number of nitrogens with zero attached hydrogens (tertiary/aromatic N) is 5. The van der Waals surface area contributed by atoms with Crippen molar-refractivity contribution >= 4 is 24.2 Å². The number of aromatic nitrogens is 2. The third-order valence-electron chi connectivity index (χ3n) is 6.21. The van der Waals surface area contributed by atoms with Gasteiger partial charge in [0.1, 0.15) is 17.9 Å². The molecule has 0 aromatic carbocycles. The van der Waals surface area contributed by atoms with Crippen molar-refractivity contribution in [2.45, 2.75) is 39.4 Å². The van der Waals surface area contributed by atoms with Crippen LogP contribution in [0.25, 0.3) is 6.08 Å². The molecule has 0 bridgehead atoms. The van der Waals surface area contributed by atoms with Crippen LogP contribution in [0.2, 0.25) is 0 Å². The quantitative estimate of drug-likeness (QED) is 0.509.